The van der Waals surface area contributed by atoms with Gasteiger partial charge in [-0.1, -0.05) is 25.3 Å². The van der Waals surface area contributed by atoms with Crippen LogP contribution < -0.4 is 5.73 Å². The predicted octanol–water partition coefficient (Wildman–Crippen LogP) is 2.34. The molecule has 2 unspecified atom stereocenters. The molecule has 1 heterocycles. The Morgan fingerprint density at radius 2 is 2.00 bits per heavy atom. The number of para-hydroxylation sites is 1. The van der Waals surface area contributed by atoms with Crippen LogP contribution in [0.4, 0.5) is 0 Å². The zero-order valence-corrected chi connectivity index (χ0v) is 13.0. The van der Waals surface area contributed by atoms with Crippen LogP contribution in [0.25, 0.3) is 11.0 Å². The molecule has 0 saturated heterocycles. The van der Waals surface area contributed by atoms with Gasteiger partial charge in [-0.05, 0) is 25.0 Å². The first-order valence-electron chi connectivity index (χ1n) is 7.41. The highest BCUT2D eigenvalue weighted by Gasteiger charge is 2.26. The maximum absolute atomic E-state index is 11.9. The molecule has 0 aliphatic heterocycles. The van der Waals surface area contributed by atoms with E-state index in [1.165, 1.54) is 12.7 Å². The number of H-pyrrole nitrogens is 1. The number of aromatic amines is 1. The number of benzene rings is 1. The topological polar surface area (TPSA) is 88.8 Å². The lowest BCUT2D eigenvalue weighted by atomic mass is 9.95. The summed E-state index contributed by atoms with van der Waals surface area (Å²) in [5, 5.41) is 0. The van der Waals surface area contributed by atoms with Crippen molar-refractivity contribution in [3.05, 3.63) is 24.0 Å². The molecule has 1 aliphatic carbocycles. The van der Waals surface area contributed by atoms with Crippen LogP contribution >= 0.6 is 0 Å². The molecular weight excluding hydrogens is 286 g/mol. The lowest BCUT2D eigenvalue weighted by Crippen LogP contribution is -2.28. The van der Waals surface area contributed by atoms with Crippen LogP contribution in [0.3, 0.4) is 0 Å². The van der Waals surface area contributed by atoms with E-state index in [2.05, 4.69) is 9.97 Å². The smallest absolute Gasteiger partial charge is 0.177 e. The molecule has 6 heteroatoms. The summed E-state index contributed by atoms with van der Waals surface area (Å²) in [6.07, 6.45) is 6.74. The van der Waals surface area contributed by atoms with E-state index in [-0.39, 0.29) is 16.9 Å². The number of hydrogen-bond acceptors (Lipinski definition) is 4. The average molecular weight is 307 g/mol. The number of aromatic nitrogens is 2. The van der Waals surface area contributed by atoms with Crippen molar-refractivity contribution in [1.29, 1.82) is 0 Å². The minimum Gasteiger partial charge on any atom is -0.342 e. The molecule has 2 atom stereocenters. The molecule has 0 amide bonds. The fourth-order valence-corrected chi connectivity index (χ4v) is 4.01. The largest absolute Gasteiger partial charge is 0.342 e. The molecule has 5 nitrogen and oxygen atoms in total. The number of rotatable bonds is 2. The summed E-state index contributed by atoms with van der Waals surface area (Å²) in [7, 11) is -3.28. The number of sulfone groups is 1. The van der Waals surface area contributed by atoms with Crippen molar-refractivity contribution in [1.82, 2.24) is 9.97 Å². The maximum Gasteiger partial charge on any atom is 0.177 e. The number of nitrogens with one attached hydrogen (secondary N) is 1. The van der Waals surface area contributed by atoms with E-state index in [4.69, 9.17) is 5.73 Å². The summed E-state index contributed by atoms with van der Waals surface area (Å²) in [5.74, 6) is 1.02. The second-order valence-corrected chi connectivity index (χ2v) is 7.94. The summed E-state index contributed by atoms with van der Waals surface area (Å²) in [4.78, 5) is 8.14. The molecule has 21 heavy (non-hydrogen) atoms. The number of nitrogens with two attached hydrogens (primary N) is 1. The third kappa shape index (κ3) is 2.82. The number of nitrogens with zero attached hydrogens (tertiary/aromatic N) is 1. The van der Waals surface area contributed by atoms with Crippen molar-refractivity contribution in [2.24, 2.45) is 5.73 Å². The van der Waals surface area contributed by atoms with Crippen LogP contribution in [0.2, 0.25) is 0 Å². The van der Waals surface area contributed by atoms with E-state index in [1.807, 2.05) is 6.07 Å². The first-order valence-corrected chi connectivity index (χ1v) is 9.30. The number of imidazole rings is 1. The van der Waals surface area contributed by atoms with Gasteiger partial charge in [0.05, 0.1) is 10.4 Å². The summed E-state index contributed by atoms with van der Waals surface area (Å²) >= 11 is 0. The van der Waals surface area contributed by atoms with Gasteiger partial charge >= 0.3 is 0 Å². The van der Waals surface area contributed by atoms with Crippen LogP contribution in [0, 0.1) is 0 Å². The minimum absolute atomic E-state index is 0.0924. The summed E-state index contributed by atoms with van der Waals surface area (Å²) in [6, 6.07) is 5.31. The Labute approximate surface area is 124 Å². The van der Waals surface area contributed by atoms with E-state index < -0.39 is 9.84 Å². The molecule has 1 aromatic heterocycles. The van der Waals surface area contributed by atoms with Crippen molar-refractivity contribution < 1.29 is 8.42 Å². The van der Waals surface area contributed by atoms with Gasteiger partial charge in [0.15, 0.2) is 9.84 Å². The van der Waals surface area contributed by atoms with E-state index in [1.54, 1.807) is 12.1 Å². The van der Waals surface area contributed by atoms with Crippen molar-refractivity contribution >= 4 is 20.9 Å². The highest BCUT2D eigenvalue weighted by atomic mass is 32.2. The lowest BCUT2D eigenvalue weighted by Gasteiger charge is -2.18. The van der Waals surface area contributed by atoms with Gasteiger partial charge in [-0.15, -0.1) is 0 Å². The van der Waals surface area contributed by atoms with Gasteiger partial charge in [0, 0.05) is 18.2 Å². The minimum atomic E-state index is -3.28. The second-order valence-electron chi connectivity index (χ2n) is 5.95. The van der Waals surface area contributed by atoms with Crippen LogP contribution in [0.5, 0.6) is 0 Å². The summed E-state index contributed by atoms with van der Waals surface area (Å²) in [6.45, 7) is 0. The molecule has 0 bridgehead atoms. The van der Waals surface area contributed by atoms with Gasteiger partial charge in [0.2, 0.25) is 0 Å². The average Bonchev–Trinajstić information content (AvgIpc) is 2.73. The first-order chi connectivity index (χ1) is 9.97. The Balaban J connectivity index is 2.09. The Hall–Kier alpha value is -1.40. The Morgan fingerprint density at radius 1 is 1.24 bits per heavy atom. The molecule has 0 radical (unpaired) electrons. The van der Waals surface area contributed by atoms with E-state index in [0.717, 1.165) is 37.0 Å². The second kappa shape index (κ2) is 5.42. The van der Waals surface area contributed by atoms with Crippen LogP contribution in [0.1, 0.15) is 43.8 Å². The van der Waals surface area contributed by atoms with E-state index in [9.17, 15) is 8.42 Å². The highest BCUT2D eigenvalue weighted by Crippen LogP contribution is 2.31. The van der Waals surface area contributed by atoms with Crippen molar-refractivity contribution in [3.8, 4) is 0 Å². The molecule has 3 rings (SSSR count). The molecule has 1 fully saturated rings. The zero-order chi connectivity index (χ0) is 15.0. The van der Waals surface area contributed by atoms with Crippen molar-refractivity contribution in [2.75, 3.05) is 6.26 Å². The van der Waals surface area contributed by atoms with Crippen molar-refractivity contribution in [3.63, 3.8) is 0 Å². The van der Waals surface area contributed by atoms with Crippen LogP contribution in [-0.2, 0) is 9.84 Å². The molecule has 1 aromatic carbocycles. The van der Waals surface area contributed by atoms with Crippen LogP contribution in [0.15, 0.2) is 23.1 Å². The predicted molar refractivity (Wildman–Crippen MR) is 83.0 cm³/mol. The number of fused-ring (bicyclic) bond motifs is 1. The normalized spacial score (nSPS) is 24.1. The Morgan fingerprint density at radius 3 is 2.76 bits per heavy atom. The molecule has 2 aromatic rings. The third-order valence-electron chi connectivity index (χ3n) is 4.31. The molecule has 0 spiro atoms. The highest BCUT2D eigenvalue weighted by molar-refractivity contribution is 7.91. The van der Waals surface area contributed by atoms with Gasteiger partial charge in [-0.3, -0.25) is 0 Å². The lowest BCUT2D eigenvalue weighted by molar-refractivity contribution is 0.488. The quantitative estimate of drug-likeness (QED) is 0.833. The molecule has 3 N–H and O–H groups in total. The number of hydrogen-bond donors (Lipinski definition) is 2. The summed E-state index contributed by atoms with van der Waals surface area (Å²) < 4.78 is 23.7. The van der Waals surface area contributed by atoms with Gasteiger partial charge in [0.25, 0.3) is 0 Å². The van der Waals surface area contributed by atoms with Gasteiger partial charge < -0.3 is 10.7 Å². The van der Waals surface area contributed by atoms with Gasteiger partial charge in [-0.25, -0.2) is 13.4 Å². The first kappa shape index (κ1) is 14.5. The molecule has 1 saturated carbocycles. The fraction of sp³-hybridized carbons (Fsp3) is 0.533. The van der Waals surface area contributed by atoms with Crippen molar-refractivity contribution in [2.45, 2.75) is 49.0 Å². The monoisotopic (exact) mass is 307 g/mol. The maximum atomic E-state index is 11.9. The standard InChI is InChI=1S/C15H21N3O2S/c1-21(19,20)13-9-5-8-12-14(13)18-15(17-12)10-6-3-2-4-7-11(10)16/h5,8-11H,2-4,6-7,16H2,1H3,(H,17,18). The molecule has 1 aliphatic rings. The van der Waals surface area contributed by atoms with Crippen LogP contribution in [-0.4, -0.2) is 30.7 Å². The molecular formula is C15H21N3O2S. The Kier molecular flexibility index (Phi) is 3.75. The third-order valence-corrected chi connectivity index (χ3v) is 5.44. The van der Waals surface area contributed by atoms with Gasteiger partial charge in [-0.2, -0.15) is 0 Å². The fourth-order valence-electron chi connectivity index (χ4n) is 3.18. The van der Waals surface area contributed by atoms with E-state index in [0.29, 0.717) is 5.52 Å². The molecule has 114 valence electrons. The zero-order valence-electron chi connectivity index (χ0n) is 12.2. The van der Waals surface area contributed by atoms with Gasteiger partial charge in [0.1, 0.15) is 11.3 Å². The Bertz CT molecular complexity index is 751. The van der Waals surface area contributed by atoms with E-state index >= 15 is 0 Å². The SMILES string of the molecule is CS(=O)(=O)c1cccc2[nH]c(C3CCCCCC3N)nc12. The summed E-state index contributed by atoms with van der Waals surface area (Å²) in [5.41, 5.74) is 7.58.